The van der Waals surface area contributed by atoms with Crippen LogP contribution >= 0.6 is 23.1 Å². The number of nitrogens with one attached hydrogen (secondary N) is 2. The molecule has 0 saturated carbocycles. The molecule has 0 atom stereocenters. The fourth-order valence-corrected chi connectivity index (χ4v) is 2.81. The van der Waals surface area contributed by atoms with Crippen LogP contribution in [-0.2, 0) is 14.4 Å². The van der Waals surface area contributed by atoms with Gasteiger partial charge < -0.3 is 5.32 Å². The van der Waals surface area contributed by atoms with Crippen LogP contribution in [0.5, 0.6) is 0 Å². The molecule has 0 aliphatic carbocycles. The molecule has 0 aromatic carbocycles. The topological polar surface area (TPSA) is 113 Å². The lowest BCUT2D eigenvalue weighted by Crippen LogP contribution is -2.35. The minimum Gasteiger partial charge on any atom is -0.305 e. The van der Waals surface area contributed by atoms with Crippen molar-refractivity contribution >= 4 is 51.1 Å². The van der Waals surface area contributed by atoms with Crippen molar-refractivity contribution in [1.29, 1.82) is 0 Å². The average molecular weight is 327 g/mol. The molecule has 0 saturated heterocycles. The van der Waals surface area contributed by atoms with Crippen molar-refractivity contribution < 1.29 is 14.4 Å². The summed E-state index contributed by atoms with van der Waals surface area (Å²) < 4.78 is 0. The number of hydrogen-bond acceptors (Lipinski definition) is 7. The predicted octanol–water partition coefficient (Wildman–Crippen LogP) is 0.736. The van der Waals surface area contributed by atoms with E-state index in [0.717, 1.165) is 16.8 Å². The summed E-state index contributed by atoms with van der Waals surface area (Å²) in [6.45, 7) is 3.98. The number of amides is 3. The molecule has 10 heteroatoms. The minimum absolute atomic E-state index is 0.0169. The maximum Gasteiger partial charge on any atom is 0.257 e. The van der Waals surface area contributed by atoms with Crippen molar-refractivity contribution in [3.05, 3.63) is 5.01 Å². The van der Waals surface area contributed by atoms with Crippen LogP contribution in [-0.4, -0.2) is 38.8 Å². The lowest BCUT2D eigenvalue weighted by Gasteiger charge is -2.10. The van der Waals surface area contributed by atoms with Gasteiger partial charge in [0.25, 0.3) is 5.91 Å². The molecule has 1 aliphatic heterocycles. The third-order valence-electron chi connectivity index (χ3n) is 2.31. The molecule has 2 rings (SSSR count). The summed E-state index contributed by atoms with van der Waals surface area (Å²) in [5, 5.41) is 14.3. The Morgan fingerprint density at radius 3 is 2.81 bits per heavy atom. The zero-order chi connectivity index (χ0) is 15.4. The first-order valence-electron chi connectivity index (χ1n) is 6.11. The Bertz CT molecular complexity index is 611. The monoisotopic (exact) mass is 327 g/mol. The van der Waals surface area contributed by atoms with Gasteiger partial charge in [0, 0.05) is 5.92 Å². The summed E-state index contributed by atoms with van der Waals surface area (Å²) in [6.07, 6.45) is -0.251. The highest BCUT2D eigenvalue weighted by Gasteiger charge is 2.19. The smallest absolute Gasteiger partial charge is 0.257 e. The highest BCUT2D eigenvalue weighted by Crippen LogP contribution is 2.22. The Labute approximate surface area is 128 Å². The molecule has 8 nitrogen and oxygen atoms in total. The van der Waals surface area contributed by atoms with E-state index < -0.39 is 11.8 Å². The van der Waals surface area contributed by atoms with E-state index in [1.54, 1.807) is 0 Å². The van der Waals surface area contributed by atoms with E-state index in [2.05, 4.69) is 25.8 Å². The Kier molecular flexibility index (Phi) is 5.02. The van der Waals surface area contributed by atoms with Crippen molar-refractivity contribution in [3.8, 4) is 0 Å². The Morgan fingerprint density at radius 2 is 2.19 bits per heavy atom. The summed E-state index contributed by atoms with van der Waals surface area (Å²) in [4.78, 5) is 37.6. The summed E-state index contributed by atoms with van der Waals surface area (Å²) in [5.41, 5.74) is 0. The van der Waals surface area contributed by atoms with Crippen molar-refractivity contribution in [2.24, 2.45) is 4.99 Å². The Morgan fingerprint density at radius 1 is 1.43 bits per heavy atom. The molecule has 21 heavy (non-hydrogen) atoms. The predicted molar refractivity (Wildman–Crippen MR) is 80.3 cm³/mol. The van der Waals surface area contributed by atoms with Gasteiger partial charge >= 0.3 is 0 Å². The lowest BCUT2D eigenvalue weighted by atomic mass is 10.2. The zero-order valence-corrected chi connectivity index (χ0v) is 13.0. The molecule has 0 spiro atoms. The summed E-state index contributed by atoms with van der Waals surface area (Å²) >= 11 is 2.30. The number of carbonyl (C=O) groups is 3. The van der Waals surface area contributed by atoms with Gasteiger partial charge in [0.2, 0.25) is 16.9 Å². The van der Waals surface area contributed by atoms with E-state index in [4.69, 9.17) is 0 Å². The van der Waals surface area contributed by atoms with E-state index >= 15 is 0 Å². The number of aliphatic imine (C=N–C) groups is 1. The fraction of sp³-hybridized carbons (Fsp3) is 0.455. The minimum atomic E-state index is -0.507. The quantitative estimate of drug-likeness (QED) is 0.788. The second kappa shape index (κ2) is 6.76. The van der Waals surface area contributed by atoms with E-state index in [1.807, 2.05) is 13.8 Å². The van der Waals surface area contributed by atoms with Gasteiger partial charge in [0.1, 0.15) is 11.4 Å². The standard InChI is InChI=1S/C11H13N5O3S2/c1-5(2)9-15-16-11(21-9)14-8(19)4-20-10-12-6(17)3-7(18)13-10/h5H,3-4H2,1-2H3,(H,14,16,19)(H,12,13,17,18). The first kappa shape index (κ1) is 15.6. The number of carbonyl (C=O) groups excluding carboxylic acids is 3. The number of hydrogen-bond donors (Lipinski definition) is 2. The molecule has 2 heterocycles. The molecule has 112 valence electrons. The number of nitrogens with zero attached hydrogens (tertiary/aromatic N) is 3. The van der Waals surface area contributed by atoms with Crippen LogP contribution < -0.4 is 10.6 Å². The van der Waals surface area contributed by atoms with Crippen LogP contribution in [0.4, 0.5) is 5.13 Å². The van der Waals surface area contributed by atoms with Crippen molar-refractivity contribution in [2.45, 2.75) is 26.2 Å². The molecule has 1 aromatic rings. The number of aromatic nitrogens is 2. The van der Waals surface area contributed by atoms with Gasteiger partial charge in [-0.05, 0) is 0 Å². The van der Waals surface area contributed by atoms with Crippen molar-refractivity contribution in [2.75, 3.05) is 11.1 Å². The molecule has 0 fully saturated rings. The molecule has 0 radical (unpaired) electrons. The zero-order valence-electron chi connectivity index (χ0n) is 11.4. The van der Waals surface area contributed by atoms with Gasteiger partial charge in [-0.3, -0.25) is 19.7 Å². The summed E-state index contributed by atoms with van der Waals surface area (Å²) in [5.74, 6) is -0.957. The third kappa shape index (κ3) is 4.60. The fourth-order valence-electron chi connectivity index (χ4n) is 1.36. The number of anilines is 1. The van der Waals surface area contributed by atoms with Crippen LogP contribution in [0, 0.1) is 0 Å². The first-order valence-corrected chi connectivity index (χ1v) is 7.91. The maximum absolute atomic E-state index is 11.8. The molecule has 0 bridgehead atoms. The molecular weight excluding hydrogens is 314 g/mol. The number of amidine groups is 1. The highest BCUT2D eigenvalue weighted by molar-refractivity contribution is 8.14. The van der Waals surface area contributed by atoms with E-state index in [1.165, 1.54) is 11.3 Å². The molecule has 1 aromatic heterocycles. The van der Waals surface area contributed by atoms with E-state index in [-0.39, 0.29) is 29.2 Å². The summed E-state index contributed by atoms with van der Waals surface area (Å²) in [7, 11) is 0. The van der Waals surface area contributed by atoms with Crippen LogP contribution in [0.1, 0.15) is 31.2 Å². The van der Waals surface area contributed by atoms with Crippen LogP contribution in [0.3, 0.4) is 0 Å². The van der Waals surface area contributed by atoms with Gasteiger partial charge in [-0.15, -0.1) is 10.2 Å². The van der Waals surface area contributed by atoms with Gasteiger partial charge in [0.05, 0.1) is 5.75 Å². The molecule has 1 aliphatic rings. The second-order valence-electron chi connectivity index (χ2n) is 4.47. The molecule has 2 N–H and O–H groups in total. The lowest BCUT2D eigenvalue weighted by molar-refractivity contribution is -0.127. The van der Waals surface area contributed by atoms with Gasteiger partial charge in [-0.2, -0.15) is 4.99 Å². The highest BCUT2D eigenvalue weighted by atomic mass is 32.2. The Balaban J connectivity index is 1.84. The molecular formula is C11H13N5O3S2. The number of thioether (sulfide) groups is 1. The van der Waals surface area contributed by atoms with Gasteiger partial charge in [-0.25, -0.2) is 0 Å². The van der Waals surface area contributed by atoms with E-state index in [0.29, 0.717) is 5.13 Å². The maximum atomic E-state index is 11.8. The SMILES string of the molecule is CC(C)c1nnc(NC(=O)CSC2=NC(=O)CC(=O)N2)s1. The van der Waals surface area contributed by atoms with E-state index in [9.17, 15) is 14.4 Å². The largest absolute Gasteiger partial charge is 0.305 e. The first-order chi connectivity index (χ1) is 9.94. The summed E-state index contributed by atoms with van der Waals surface area (Å²) in [6, 6.07) is 0. The molecule has 3 amide bonds. The second-order valence-corrected chi connectivity index (χ2v) is 6.45. The number of rotatable bonds is 4. The third-order valence-corrected chi connectivity index (χ3v) is 4.32. The Hall–Kier alpha value is -1.81. The van der Waals surface area contributed by atoms with Crippen LogP contribution in [0.25, 0.3) is 0 Å². The molecule has 0 unspecified atom stereocenters. The van der Waals surface area contributed by atoms with Crippen LogP contribution in [0.15, 0.2) is 4.99 Å². The van der Waals surface area contributed by atoms with Crippen LogP contribution in [0.2, 0.25) is 0 Å². The van der Waals surface area contributed by atoms with Crippen molar-refractivity contribution in [3.63, 3.8) is 0 Å². The normalized spacial score (nSPS) is 14.9. The van der Waals surface area contributed by atoms with Gasteiger partial charge in [0.15, 0.2) is 5.17 Å². The van der Waals surface area contributed by atoms with Crippen molar-refractivity contribution in [1.82, 2.24) is 15.5 Å². The van der Waals surface area contributed by atoms with Gasteiger partial charge in [-0.1, -0.05) is 36.9 Å². The average Bonchev–Trinajstić information content (AvgIpc) is 2.84.